The number of ether oxygens (including phenoxy) is 1. The summed E-state index contributed by atoms with van der Waals surface area (Å²) in [5.74, 6) is 2.02. The van der Waals surface area contributed by atoms with Gasteiger partial charge in [-0.1, -0.05) is 60.7 Å². The van der Waals surface area contributed by atoms with E-state index in [1.54, 1.807) is 6.07 Å². The Balaban J connectivity index is 1.36. The number of phenols is 1. The molecule has 0 radical (unpaired) electrons. The highest BCUT2D eigenvalue weighted by Crippen LogP contribution is 2.51. The topological polar surface area (TPSA) is 41.5 Å². The maximum atomic E-state index is 10.4. The Morgan fingerprint density at radius 3 is 2.62 bits per heavy atom. The molecule has 3 unspecified atom stereocenters. The van der Waals surface area contributed by atoms with Gasteiger partial charge in [0.15, 0.2) is 0 Å². The first-order valence-corrected chi connectivity index (χ1v) is 10.3. The van der Waals surface area contributed by atoms with E-state index in [9.17, 15) is 5.11 Å². The lowest BCUT2D eigenvalue weighted by Crippen LogP contribution is -2.29. The largest absolute Gasteiger partial charge is 0.508 e. The van der Waals surface area contributed by atoms with Crippen LogP contribution in [0.5, 0.6) is 11.5 Å². The molecule has 3 nitrogen and oxygen atoms in total. The summed E-state index contributed by atoms with van der Waals surface area (Å²) in [4.78, 5) is 0. The molecule has 0 bridgehead atoms. The fraction of sp³-hybridized carbons (Fsp3) is 0.231. The lowest BCUT2D eigenvalue weighted by molar-refractivity contribution is 0.320. The van der Waals surface area contributed by atoms with E-state index in [0.29, 0.717) is 24.2 Å². The van der Waals surface area contributed by atoms with Gasteiger partial charge in [0.1, 0.15) is 11.5 Å². The standard InChI is InChI=1S/C26H25NO2/c28-25-12-5-4-9-22(25)26-21-11-6-10-20(21)23-17-19(13-14-24(23)27-26)29-16-15-18-7-2-1-3-8-18/h1-10,12-14,17,20-21,26-28H,11,15-16H2. The average molecular weight is 383 g/mol. The van der Waals surface area contributed by atoms with Crippen LogP contribution >= 0.6 is 0 Å². The lowest BCUT2D eigenvalue weighted by Gasteiger charge is -2.37. The molecular formula is C26H25NO2. The summed E-state index contributed by atoms with van der Waals surface area (Å²) in [6.45, 7) is 0.667. The predicted octanol–water partition coefficient (Wildman–Crippen LogP) is 5.84. The monoisotopic (exact) mass is 383 g/mol. The van der Waals surface area contributed by atoms with Crippen molar-refractivity contribution in [1.82, 2.24) is 0 Å². The summed E-state index contributed by atoms with van der Waals surface area (Å²) < 4.78 is 6.06. The molecule has 3 atom stereocenters. The van der Waals surface area contributed by atoms with E-state index < -0.39 is 0 Å². The first-order chi connectivity index (χ1) is 14.3. The van der Waals surface area contributed by atoms with Gasteiger partial charge in [-0.25, -0.2) is 0 Å². The van der Waals surface area contributed by atoms with Crippen LogP contribution in [0.2, 0.25) is 0 Å². The molecule has 146 valence electrons. The first kappa shape index (κ1) is 17.9. The predicted molar refractivity (Wildman–Crippen MR) is 117 cm³/mol. The van der Waals surface area contributed by atoms with Gasteiger partial charge in [0.25, 0.3) is 0 Å². The maximum Gasteiger partial charge on any atom is 0.120 e. The molecule has 2 N–H and O–H groups in total. The van der Waals surface area contributed by atoms with Gasteiger partial charge in [0.05, 0.1) is 12.6 Å². The molecule has 29 heavy (non-hydrogen) atoms. The summed E-state index contributed by atoms with van der Waals surface area (Å²) in [6, 6.07) is 24.5. The molecule has 0 spiro atoms. The first-order valence-electron chi connectivity index (χ1n) is 10.3. The van der Waals surface area contributed by atoms with Crippen molar-refractivity contribution in [2.45, 2.75) is 24.8 Å². The smallest absolute Gasteiger partial charge is 0.120 e. The summed E-state index contributed by atoms with van der Waals surface area (Å²) >= 11 is 0. The van der Waals surface area contributed by atoms with Crippen molar-refractivity contribution in [2.24, 2.45) is 5.92 Å². The second-order valence-corrected chi connectivity index (χ2v) is 7.87. The van der Waals surface area contributed by atoms with Crippen molar-refractivity contribution in [3.8, 4) is 11.5 Å². The fourth-order valence-electron chi connectivity index (χ4n) is 4.65. The maximum absolute atomic E-state index is 10.4. The molecule has 1 heterocycles. The van der Waals surface area contributed by atoms with E-state index in [0.717, 1.165) is 29.8 Å². The summed E-state index contributed by atoms with van der Waals surface area (Å²) in [7, 11) is 0. The summed E-state index contributed by atoms with van der Waals surface area (Å²) in [5.41, 5.74) is 4.67. The van der Waals surface area contributed by atoms with Gasteiger partial charge < -0.3 is 15.2 Å². The quantitative estimate of drug-likeness (QED) is 0.544. The number of aromatic hydroxyl groups is 1. The third-order valence-corrected chi connectivity index (χ3v) is 6.11. The number of nitrogens with one attached hydrogen (secondary N) is 1. The zero-order valence-electron chi connectivity index (χ0n) is 16.3. The zero-order chi connectivity index (χ0) is 19.6. The molecular weight excluding hydrogens is 358 g/mol. The van der Waals surface area contributed by atoms with Crippen molar-refractivity contribution in [2.75, 3.05) is 11.9 Å². The minimum Gasteiger partial charge on any atom is -0.508 e. The molecule has 0 fully saturated rings. The molecule has 0 aromatic heterocycles. The van der Waals surface area contributed by atoms with Gasteiger partial charge in [-0.2, -0.15) is 0 Å². The van der Waals surface area contributed by atoms with E-state index in [2.05, 4.69) is 53.9 Å². The third-order valence-electron chi connectivity index (χ3n) is 6.11. The van der Waals surface area contributed by atoms with Crippen LogP contribution in [0.25, 0.3) is 0 Å². The number of rotatable bonds is 5. The van der Waals surface area contributed by atoms with Crippen LogP contribution in [-0.2, 0) is 6.42 Å². The van der Waals surface area contributed by atoms with E-state index in [1.807, 2.05) is 30.3 Å². The molecule has 1 aliphatic carbocycles. The number of phenolic OH excluding ortho intramolecular Hbond substituents is 1. The van der Waals surface area contributed by atoms with Gasteiger partial charge in [-0.05, 0) is 47.7 Å². The van der Waals surface area contributed by atoms with Crippen LogP contribution in [0.15, 0.2) is 84.9 Å². The normalized spacial score (nSPS) is 21.9. The van der Waals surface area contributed by atoms with Crippen LogP contribution in [0, 0.1) is 5.92 Å². The average Bonchev–Trinajstić information content (AvgIpc) is 3.25. The molecule has 3 heteroatoms. The Hall–Kier alpha value is -3.20. The van der Waals surface area contributed by atoms with Crippen LogP contribution in [0.1, 0.15) is 35.1 Å². The lowest BCUT2D eigenvalue weighted by atomic mass is 9.77. The van der Waals surface area contributed by atoms with Crippen molar-refractivity contribution in [1.29, 1.82) is 0 Å². The Kier molecular flexibility index (Phi) is 4.73. The number of fused-ring (bicyclic) bond motifs is 3. The van der Waals surface area contributed by atoms with E-state index in [4.69, 9.17) is 4.74 Å². The van der Waals surface area contributed by atoms with Crippen molar-refractivity contribution in [3.63, 3.8) is 0 Å². The van der Waals surface area contributed by atoms with Gasteiger partial charge >= 0.3 is 0 Å². The van der Waals surface area contributed by atoms with Gasteiger partial charge in [-0.3, -0.25) is 0 Å². The number of anilines is 1. The molecule has 3 aromatic rings. The summed E-state index contributed by atoms with van der Waals surface area (Å²) in [5, 5.41) is 14.1. The minimum atomic E-state index is 0.105. The second kappa shape index (κ2) is 7.67. The SMILES string of the molecule is Oc1ccccc1C1Nc2ccc(OCCc3ccccc3)cc2C2C=CCC21. The van der Waals surface area contributed by atoms with Crippen LogP contribution in [0.3, 0.4) is 0 Å². The highest BCUT2D eigenvalue weighted by molar-refractivity contribution is 5.62. The molecule has 5 rings (SSSR count). The molecule has 0 saturated heterocycles. The Labute approximate surface area is 171 Å². The number of allylic oxidation sites excluding steroid dienone is 2. The Bertz CT molecular complexity index is 1030. The minimum absolute atomic E-state index is 0.105. The molecule has 3 aromatic carbocycles. The highest BCUT2D eigenvalue weighted by atomic mass is 16.5. The van der Waals surface area contributed by atoms with Crippen molar-refractivity contribution < 1.29 is 9.84 Å². The van der Waals surface area contributed by atoms with Gasteiger partial charge in [0, 0.05) is 23.6 Å². The fourth-order valence-corrected chi connectivity index (χ4v) is 4.65. The number of benzene rings is 3. The van der Waals surface area contributed by atoms with Crippen LogP contribution in [0.4, 0.5) is 5.69 Å². The van der Waals surface area contributed by atoms with E-state index in [1.165, 1.54) is 11.1 Å². The molecule has 1 aliphatic heterocycles. The second-order valence-electron chi connectivity index (χ2n) is 7.87. The van der Waals surface area contributed by atoms with Crippen molar-refractivity contribution in [3.05, 3.63) is 102 Å². The van der Waals surface area contributed by atoms with Gasteiger partial charge in [0.2, 0.25) is 0 Å². The van der Waals surface area contributed by atoms with E-state index >= 15 is 0 Å². The van der Waals surface area contributed by atoms with Crippen LogP contribution in [-0.4, -0.2) is 11.7 Å². The number of hydrogen-bond acceptors (Lipinski definition) is 3. The van der Waals surface area contributed by atoms with Crippen LogP contribution < -0.4 is 10.1 Å². The highest BCUT2D eigenvalue weighted by Gasteiger charge is 2.38. The van der Waals surface area contributed by atoms with Crippen molar-refractivity contribution >= 4 is 5.69 Å². The zero-order valence-corrected chi connectivity index (χ0v) is 16.3. The molecule has 0 amide bonds. The number of para-hydroxylation sites is 1. The summed E-state index contributed by atoms with van der Waals surface area (Å²) in [6.07, 6.45) is 6.49. The number of hydrogen-bond donors (Lipinski definition) is 2. The third kappa shape index (κ3) is 3.49. The molecule has 0 saturated carbocycles. The van der Waals surface area contributed by atoms with Gasteiger partial charge in [-0.15, -0.1) is 0 Å². The van der Waals surface area contributed by atoms with E-state index in [-0.39, 0.29) is 6.04 Å². The Morgan fingerprint density at radius 1 is 0.931 bits per heavy atom. The Morgan fingerprint density at radius 2 is 1.76 bits per heavy atom. The molecule has 2 aliphatic rings.